The number of benzene rings is 1. The number of rotatable bonds is 6. The van der Waals surface area contributed by atoms with Crippen molar-refractivity contribution in [2.75, 3.05) is 19.0 Å². The van der Waals surface area contributed by atoms with Crippen LogP contribution in [0.1, 0.15) is 0 Å². The van der Waals surface area contributed by atoms with Crippen molar-refractivity contribution in [3.8, 4) is 11.5 Å². The summed E-state index contributed by atoms with van der Waals surface area (Å²) in [5.74, 6) is 0.535. The zero-order valence-corrected chi connectivity index (χ0v) is 10.7. The van der Waals surface area contributed by atoms with Gasteiger partial charge in [0.25, 0.3) is 0 Å². The molecule has 0 aliphatic heterocycles. The highest BCUT2D eigenvalue weighted by molar-refractivity contribution is 9.09. The Morgan fingerprint density at radius 3 is 2.82 bits per heavy atom. The topological polar surface area (TPSA) is 81.8 Å². The molecule has 0 heterocycles. The Balaban J connectivity index is 2.89. The molecule has 17 heavy (non-hydrogen) atoms. The molecule has 1 atom stereocenters. The SMILES string of the molecule is COc1ccc([N+](=O)[O-])c(OCC(O)CBr)c1. The first kappa shape index (κ1) is 13.7. The molecule has 0 aromatic heterocycles. The molecule has 1 aromatic carbocycles. The second-order valence-electron chi connectivity index (χ2n) is 3.21. The molecular weight excluding hydrogens is 294 g/mol. The average Bonchev–Trinajstić information content (AvgIpc) is 2.35. The molecule has 0 fully saturated rings. The number of halogens is 1. The predicted molar refractivity (Wildman–Crippen MR) is 64.9 cm³/mol. The largest absolute Gasteiger partial charge is 0.497 e. The van der Waals surface area contributed by atoms with Gasteiger partial charge in [0.1, 0.15) is 12.4 Å². The zero-order valence-electron chi connectivity index (χ0n) is 9.13. The van der Waals surface area contributed by atoms with Crippen LogP contribution in [-0.2, 0) is 0 Å². The molecule has 1 rings (SSSR count). The van der Waals surface area contributed by atoms with Crippen molar-refractivity contribution in [1.29, 1.82) is 0 Å². The molecule has 1 N–H and O–H groups in total. The Morgan fingerprint density at radius 2 is 2.29 bits per heavy atom. The van der Waals surface area contributed by atoms with Crippen molar-refractivity contribution in [1.82, 2.24) is 0 Å². The Bertz CT molecular complexity index is 398. The van der Waals surface area contributed by atoms with E-state index in [0.29, 0.717) is 11.1 Å². The quantitative estimate of drug-likeness (QED) is 0.492. The van der Waals surface area contributed by atoms with Crippen LogP contribution in [-0.4, -0.2) is 35.2 Å². The number of aliphatic hydroxyl groups is 1. The second-order valence-corrected chi connectivity index (χ2v) is 3.86. The number of nitro groups is 1. The summed E-state index contributed by atoms with van der Waals surface area (Å²) in [5.41, 5.74) is -0.160. The molecule has 94 valence electrons. The van der Waals surface area contributed by atoms with Crippen molar-refractivity contribution >= 4 is 21.6 Å². The maximum Gasteiger partial charge on any atom is 0.311 e. The van der Waals surface area contributed by atoms with E-state index in [4.69, 9.17) is 9.47 Å². The summed E-state index contributed by atoms with van der Waals surface area (Å²) in [5, 5.41) is 20.4. The van der Waals surface area contributed by atoms with Gasteiger partial charge in [0, 0.05) is 17.5 Å². The molecule has 7 heteroatoms. The van der Waals surface area contributed by atoms with Gasteiger partial charge in [-0.3, -0.25) is 10.1 Å². The van der Waals surface area contributed by atoms with Crippen LogP contribution in [0, 0.1) is 10.1 Å². The molecule has 1 aromatic rings. The number of hydrogen-bond acceptors (Lipinski definition) is 5. The highest BCUT2D eigenvalue weighted by Crippen LogP contribution is 2.31. The lowest BCUT2D eigenvalue weighted by atomic mass is 10.3. The van der Waals surface area contributed by atoms with Crippen molar-refractivity contribution in [2.24, 2.45) is 0 Å². The van der Waals surface area contributed by atoms with Crippen molar-refractivity contribution < 1.29 is 19.5 Å². The first-order valence-electron chi connectivity index (χ1n) is 4.77. The molecule has 0 saturated heterocycles. The molecule has 0 radical (unpaired) electrons. The molecule has 0 aliphatic rings. The van der Waals surface area contributed by atoms with E-state index in [9.17, 15) is 15.2 Å². The smallest absolute Gasteiger partial charge is 0.311 e. The number of nitrogens with zero attached hydrogens (tertiary/aromatic N) is 1. The first-order valence-corrected chi connectivity index (χ1v) is 5.90. The molecule has 1 unspecified atom stereocenters. The molecule has 0 saturated carbocycles. The van der Waals surface area contributed by atoms with Crippen LogP contribution in [0.4, 0.5) is 5.69 Å². The van der Waals surface area contributed by atoms with Gasteiger partial charge in [0.15, 0.2) is 0 Å². The van der Waals surface area contributed by atoms with Gasteiger partial charge in [0.05, 0.1) is 18.1 Å². The first-order chi connectivity index (χ1) is 8.08. The van der Waals surface area contributed by atoms with E-state index in [1.165, 1.54) is 25.3 Å². The van der Waals surface area contributed by atoms with Gasteiger partial charge in [-0.25, -0.2) is 0 Å². The van der Waals surface area contributed by atoms with E-state index in [0.717, 1.165) is 0 Å². The van der Waals surface area contributed by atoms with Crippen LogP contribution in [0.5, 0.6) is 11.5 Å². The summed E-state index contributed by atoms with van der Waals surface area (Å²) in [6.07, 6.45) is -0.721. The third kappa shape index (κ3) is 3.86. The third-order valence-corrected chi connectivity index (χ3v) is 2.72. The van der Waals surface area contributed by atoms with Gasteiger partial charge in [-0.2, -0.15) is 0 Å². The lowest BCUT2D eigenvalue weighted by Gasteiger charge is -2.10. The van der Waals surface area contributed by atoms with Crippen molar-refractivity contribution in [3.05, 3.63) is 28.3 Å². The fraction of sp³-hybridized carbons (Fsp3) is 0.400. The van der Waals surface area contributed by atoms with Crippen molar-refractivity contribution in [2.45, 2.75) is 6.10 Å². The minimum Gasteiger partial charge on any atom is -0.497 e. The molecule has 0 bridgehead atoms. The van der Waals surface area contributed by atoms with Crippen LogP contribution in [0.2, 0.25) is 0 Å². The molecule has 0 spiro atoms. The van der Waals surface area contributed by atoms with E-state index >= 15 is 0 Å². The fourth-order valence-electron chi connectivity index (χ4n) is 1.12. The van der Waals surface area contributed by atoms with Crippen LogP contribution in [0.15, 0.2) is 18.2 Å². The summed E-state index contributed by atoms with van der Waals surface area (Å²) < 4.78 is 10.1. The molecule has 0 amide bonds. The fourth-order valence-corrected chi connectivity index (χ4v) is 1.31. The van der Waals surface area contributed by atoms with Gasteiger partial charge in [-0.15, -0.1) is 0 Å². The Kier molecular flexibility index (Phi) is 5.17. The maximum absolute atomic E-state index is 10.7. The number of methoxy groups -OCH3 is 1. The Morgan fingerprint density at radius 1 is 1.59 bits per heavy atom. The van der Waals surface area contributed by atoms with Crippen LogP contribution in [0.25, 0.3) is 0 Å². The standard InChI is InChI=1S/C10H12BrNO5/c1-16-8-2-3-9(12(14)15)10(4-8)17-6-7(13)5-11/h2-4,7,13H,5-6H2,1H3. The van der Waals surface area contributed by atoms with Gasteiger partial charge in [-0.1, -0.05) is 15.9 Å². The van der Waals surface area contributed by atoms with Crippen LogP contribution in [0.3, 0.4) is 0 Å². The summed E-state index contributed by atoms with van der Waals surface area (Å²) in [6, 6.07) is 4.19. The molecule has 0 aliphatic carbocycles. The lowest BCUT2D eigenvalue weighted by molar-refractivity contribution is -0.385. The summed E-state index contributed by atoms with van der Waals surface area (Å²) in [7, 11) is 1.46. The minimum absolute atomic E-state index is 0.0285. The minimum atomic E-state index is -0.721. The van der Waals surface area contributed by atoms with Gasteiger partial charge in [0.2, 0.25) is 5.75 Å². The van der Waals surface area contributed by atoms with Gasteiger partial charge >= 0.3 is 5.69 Å². The Hall–Kier alpha value is -1.34. The Labute approximate surface area is 106 Å². The highest BCUT2D eigenvalue weighted by Gasteiger charge is 2.17. The number of alkyl halides is 1. The zero-order chi connectivity index (χ0) is 12.8. The van der Waals surface area contributed by atoms with E-state index in [1.54, 1.807) is 0 Å². The van der Waals surface area contributed by atoms with Gasteiger partial charge < -0.3 is 14.6 Å². The predicted octanol–water partition coefficient (Wildman–Crippen LogP) is 1.74. The monoisotopic (exact) mass is 305 g/mol. The summed E-state index contributed by atoms with van der Waals surface area (Å²) >= 11 is 3.08. The van der Waals surface area contributed by atoms with E-state index in [2.05, 4.69) is 15.9 Å². The third-order valence-electron chi connectivity index (χ3n) is 1.97. The van der Waals surface area contributed by atoms with Gasteiger partial charge in [-0.05, 0) is 6.07 Å². The molecular formula is C10H12BrNO5. The van der Waals surface area contributed by atoms with E-state index < -0.39 is 11.0 Å². The number of ether oxygens (including phenoxy) is 2. The average molecular weight is 306 g/mol. The second kappa shape index (κ2) is 6.41. The number of aliphatic hydroxyl groups excluding tert-OH is 1. The van der Waals surface area contributed by atoms with E-state index in [1.807, 2.05) is 0 Å². The highest BCUT2D eigenvalue weighted by atomic mass is 79.9. The summed E-state index contributed by atoms with van der Waals surface area (Å²) in [4.78, 5) is 10.2. The van der Waals surface area contributed by atoms with E-state index in [-0.39, 0.29) is 18.0 Å². The summed E-state index contributed by atoms with van der Waals surface area (Å²) in [6.45, 7) is -0.0285. The van der Waals surface area contributed by atoms with Crippen molar-refractivity contribution in [3.63, 3.8) is 0 Å². The number of nitro benzene ring substituents is 1. The van der Waals surface area contributed by atoms with Crippen LogP contribution >= 0.6 is 15.9 Å². The van der Waals surface area contributed by atoms with Crippen LogP contribution < -0.4 is 9.47 Å². The maximum atomic E-state index is 10.7. The lowest BCUT2D eigenvalue weighted by Crippen LogP contribution is -2.19. The normalized spacial score (nSPS) is 11.9. The number of hydrogen-bond donors (Lipinski definition) is 1. The molecule has 6 nitrogen and oxygen atoms in total.